The molecule has 0 spiro atoms. The molecule has 3 rings (SSSR count). The molecule has 2 aromatic heterocycles. The smallest absolute Gasteiger partial charge is 0.268 e. The SMILES string of the molecule is CC(C)(C)C1CNC(=O)c2cc3cnc(Cl)nc3n21. The second-order valence-electron chi connectivity index (χ2n) is 5.91. The zero-order chi connectivity index (χ0) is 13.8. The van der Waals surface area contributed by atoms with Crippen LogP contribution in [0.1, 0.15) is 37.3 Å². The van der Waals surface area contributed by atoms with Gasteiger partial charge in [0, 0.05) is 18.1 Å². The molecule has 6 heteroatoms. The third kappa shape index (κ3) is 1.89. The van der Waals surface area contributed by atoms with E-state index >= 15 is 0 Å². The molecule has 1 atom stereocenters. The van der Waals surface area contributed by atoms with Gasteiger partial charge in [-0.05, 0) is 23.1 Å². The van der Waals surface area contributed by atoms with E-state index in [1.165, 1.54) is 0 Å². The van der Waals surface area contributed by atoms with Crippen LogP contribution < -0.4 is 5.32 Å². The van der Waals surface area contributed by atoms with Crippen molar-refractivity contribution in [1.29, 1.82) is 0 Å². The molecule has 1 N–H and O–H groups in total. The fourth-order valence-electron chi connectivity index (χ4n) is 2.54. The van der Waals surface area contributed by atoms with Gasteiger partial charge in [0.2, 0.25) is 5.28 Å². The molecule has 1 aliphatic heterocycles. The Balaban J connectivity index is 2.32. The Hall–Kier alpha value is -1.62. The van der Waals surface area contributed by atoms with Crippen molar-refractivity contribution < 1.29 is 4.79 Å². The molecule has 0 aromatic carbocycles. The van der Waals surface area contributed by atoms with Gasteiger partial charge < -0.3 is 9.88 Å². The number of hydrogen-bond acceptors (Lipinski definition) is 3. The molecule has 0 fully saturated rings. The molecule has 3 heterocycles. The summed E-state index contributed by atoms with van der Waals surface area (Å²) in [6, 6.07) is 1.96. The van der Waals surface area contributed by atoms with E-state index in [0.717, 1.165) is 11.0 Å². The summed E-state index contributed by atoms with van der Waals surface area (Å²) in [5.41, 5.74) is 1.36. The second kappa shape index (κ2) is 3.93. The van der Waals surface area contributed by atoms with Crippen molar-refractivity contribution in [3.05, 3.63) is 23.2 Å². The van der Waals surface area contributed by atoms with Crippen LogP contribution in [0.3, 0.4) is 0 Å². The molecule has 1 amide bonds. The Morgan fingerprint density at radius 3 is 2.89 bits per heavy atom. The average molecular weight is 279 g/mol. The number of rotatable bonds is 0. The summed E-state index contributed by atoms with van der Waals surface area (Å²) in [5, 5.41) is 3.97. The Morgan fingerprint density at radius 2 is 2.21 bits per heavy atom. The fraction of sp³-hybridized carbons (Fsp3) is 0.462. The summed E-state index contributed by atoms with van der Waals surface area (Å²) in [5.74, 6) is -0.0744. The van der Waals surface area contributed by atoms with E-state index in [9.17, 15) is 4.79 Å². The van der Waals surface area contributed by atoms with Crippen LogP contribution in [0.15, 0.2) is 12.3 Å². The monoisotopic (exact) mass is 278 g/mol. The highest BCUT2D eigenvalue weighted by atomic mass is 35.5. The lowest BCUT2D eigenvalue weighted by Crippen LogP contribution is -2.43. The maximum absolute atomic E-state index is 12.0. The summed E-state index contributed by atoms with van der Waals surface area (Å²) in [7, 11) is 0. The normalized spacial score (nSPS) is 19.4. The van der Waals surface area contributed by atoms with E-state index in [1.54, 1.807) is 6.20 Å². The molecule has 0 saturated carbocycles. The Kier molecular flexibility index (Phi) is 2.57. The van der Waals surface area contributed by atoms with Gasteiger partial charge in [-0.25, -0.2) is 4.98 Å². The highest BCUT2D eigenvalue weighted by molar-refractivity contribution is 6.28. The van der Waals surface area contributed by atoms with E-state index in [0.29, 0.717) is 12.2 Å². The molecule has 0 bridgehead atoms. The van der Waals surface area contributed by atoms with Crippen LogP contribution in [0.4, 0.5) is 0 Å². The maximum atomic E-state index is 12.0. The Labute approximate surface area is 116 Å². The summed E-state index contributed by atoms with van der Waals surface area (Å²) in [4.78, 5) is 20.3. The highest BCUT2D eigenvalue weighted by Crippen LogP contribution is 2.36. The van der Waals surface area contributed by atoms with Gasteiger partial charge in [0.25, 0.3) is 5.91 Å². The zero-order valence-corrected chi connectivity index (χ0v) is 11.8. The van der Waals surface area contributed by atoms with E-state index in [-0.39, 0.29) is 22.6 Å². The number of fused-ring (bicyclic) bond motifs is 3. The Morgan fingerprint density at radius 1 is 1.47 bits per heavy atom. The van der Waals surface area contributed by atoms with Gasteiger partial charge in [0.05, 0.1) is 6.04 Å². The minimum Gasteiger partial charge on any atom is -0.349 e. The number of hydrogen-bond donors (Lipinski definition) is 1. The van der Waals surface area contributed by atoms with Crippen molar-refractivity contribution in [3.8, 4) is 0 Å². The first-order valence-electron chi connectivity index (χ1n) is 6.19. The van der Waals surface area contributed by atoms with Gasteiger partial charge in [0.15, 0.2) is 0 Å². The molecule has 2 aromatic rings. The minimum absolute atomic E-state index is 0.00578. The lowest BCUT2D eigenvalue weighted by Gasteiger charge is -2.36. The number of amides is 1. The molecule has 1 aliphatic rings. The van der Waals surface area contributed by atoms with Crippen LogP contribution in [0.25, 0.3) is 11.0 Å². The predicted molar refractivity (Wildman–Crippen MR) is 73.4 cm³/mol. The fourth-order valence-corrected chi connectivity index (χ4v) is 2.67. The number of nitrogens with one attached hydrogen (secondary N) is 1. The first kappa shape index (κ1) is 12.4. The van der Waals surface area contributed by atoms with E-state index in [2.05, 4.69) is 36.1 Å². The number of halogens is 1. The molecule has 19 heavy (non-hydrogen) atoms. The summed E-state index contributed by atoms with van der Waals surface area (Å²) in [6.45, 7) is 7.04. The van der Waals surface area contributed by atoms with Crippen molar-refractivity contribution in [2.24, 2.45) is 5.41 Å². The first-order chi connectivity index (χ1) is 8.88. The predicted octanol–water partition coefficient (Wildman–Crippen LogP) is 2.42. The number of carbonyl (C=O) groups excluding carboxylic acids is 1. The highest BCUT2D eigenvalue weighted by Gasteiger charge is 2.35. The number of carbonyl (C=O) groups is 1. The van der Waals surface area contributed by atoms with Crippen molar-refractivity contribution in [2.75, 3.05) is 6.54 Å². The van der Waals surface area contributed by atoms with Crippen LogP contribution in [0.2, 0.25) is 5.28 Å². The quantitative estimate of drug-likeness (QED) is 0.753. The molecule has 0 aliphatic carbocycles. The van der Waals surface area contributed by atoms with Crippen molar-refractivity contribution >= 4 is 28.5 Å². The van der Waals surface area contributed by atoms with Crippen molar-refractivity contribution in [1.82, 2.24) is 19.9 Å². The van der Waals surface area contributed by atoms with Crippen molar-refractivity contribution in [3.63, 3.8) is 0 Å². The molecular formula is C13H15ClN4O. The van der Waals surface area contributed by atoms with Gasteiger partial charge in [-0.15, -0.1) is 0 Å². The molecule has 100 valence electrons. The van der Waals surface area contributed by atoms with Crippen molar-refractivity contribution in [2.45, 2.75) is 26.8 Å². The Bertz CT molecular complexity index is 671. The molecule has 0 saturated heterocycles. The average Bonchev–Trinajstić information content (AvgIpc) is 2.68. The van der Waals surface area contributed by atoms with Gasteiger partial charge in [-0.1, -0.05) is 20.8 Å². The zero-order valence-electron chi connectivity index (χ0n) is 11.1. The lowest BCUT2D eigenvalue weighted by molar-refractivity contribution is 0.0884. The third-order valence-electron chi connectivity index (χ3n) is 3.55. The summed E-state index contributed by atoms with van der Waals surface area (Å²) < 4.78 is 1.99. The maximum Gasteiger partial charge on any atom is 0.268 e. The summed E-state index contributed by atoms with van der Waals surface area (Å²) >= 11 is 5.88. The molecule has 0 radical (unpaired) electrons. The van der Waals surface area contributed by atoms with Gasteiger partial charge >= 0.3 is 0 Å². The van der Waals surface area contributed by atoms with Crippen LogP contribution in [-0.2, 0) is 0 Å². The number of nitrogens with zero attached hydrogens (tertiary/aromatic N) is 3. The molecular weight excluding hydrogens is 264 g/mol. The van der Waals surface area contributed by atoms with Crippen LogP contribution in [0.5, 0.6) is 0 Å². The lowest BCUT2D eigenvalue weighted by atomic mass is 9.85. The third-order valence-corrected chi connectivity index (χ3v) is 3.73. The minimum atomic E-state index is -0.0744. The number of aromatic nitrogens is 3. The van der Waals surface area contributed by atoms with Crippen LogP contribution in [-0.4, -0.2) is 27.0 Å². The van der Waals surface area contributed by atoms with Gasteiger partial charge in [-0.3, -0.25) is 4.79 Å². The standard InChI is InChI=1S/C13H15ClN4O/c1-13(2,3)9-6-15-11(19)8-4-7-5-16-12(14)17-10(7)18(8)9/h4-5,9H,6H2,1-3H3,(H,15,19). The van der Waals surface area contributed by atoms with E-state index < -0.39 is 0 Å². The van der Waals surface area contributed by atoms with Gasteiger partial charge in [-0.2, -0.15) is 4.98 Å². The van der Waals surface area contributed by atoms with Crippen LogP contribution >= 0.6 is 11.6 Å². The second-order valence-corrected chi connectivity index (χ2v) is 6.25. The van der Waals surface area contributed by atoms with Gasteiger partial charge in [0.1, 0.15) is 11.3 Å². The van der Waals surface area contributed by atoms with E-state index in [1.807, 2.05) is 10.6 Å². The van der Waals surface area contributed by atoms with Crippen LogP contribution in [0, 0.1) is 5.41 Å². The molecule has 5 nitrogen and oxygen atoms in total. The largest absolute Gasteiger partial charge is 0.349 e. The summed E-state index contributed by atoms with van der Waals surface area (Å²) in [6.07, 6.45) is 1.66. The molecule has 1 unspecified atom stereocenters. The topological polar surface area (TPSA) is 59.8 Å². The van der Waals surface area contributed by atoms with E-state index in [4.69, 9.17) is 11.6 Å². The first-order valence-corrected chi connectivity index (χ1v) is 6.57.